The lowest BCUT2D eigenvalue weighted by Gasteiger charge is -2.41. The van der Waals surface area contributed by atoms with Gasteiger partial charge in [0.1, 0.15) is 29.1 Å². The van der Waals surface area contributed by atoms with Gasteiger partial charge in [0.05, 0.1) is 43.7 Å². The Balaban J connectivity index is 0.731. The number of carbonyl (C=O) groups is 3. The Hall–Kier alpha value is -5.46. The smallest absolute Gasteiger partial charge is 0.255 e. The lowest BCUT2D eigenvalue weighted by atomic mass is 9.69. The van der Waals surface area contributed by atoms with E-state index in [9.17, 15) is 19.5 Å². The van der Waals surface area contributed by atoms with Gasteiger partial charge in [-0.2, -0.15) is 0 Å². The van der Waals surface area contributed by atoms with E-state index in [0.29, 0.717) is 55.6 Å². The number of hydrogen-bond acceptors (Lipinski definition) is 9. The number of nitrogens with one attached hydrogen (secondary N) is 1. The molecule has 1 aliphatic carbocycles. The molecule has 7 aliphatic rings. The summed E-state index contributed by atoms with van der Waals surface area (Å²) >= 11 is 0. The average molecular weight is 869 g/mol. The Morgan fingerprint density at radius 3 is 2.48 bits per heavy atom. The molecule has 3 amide bonds. The van der Waals surface area contributed by atoms with E-state index in [-0.39, 0.29) is 52.7 Å². The van der Waals surface area contributed by atoms with Gasteiger partial charge in [-0.05, 0) is 124 Å². The molecule has 4 saturated heterocycles. The van der Waals surface area contributed by atoms with Crippen LogP contribution < -0.4 is 19.7 Å². The molecule has 4 atom stereocenters. The van der Waals surface area contributed by atoms with E-state index in [1.807, 2.05) is 31.2 Å². The first kappa shape index (κ1) is 41.3. The number of anilines is 1. The fraction of sp³-hybridized carbons (Fsp3) is 0.481. The number of ether oxygens (including phenoxy) is 3. The zero-order valence-electron chi connectivity index (χ0n) is 36.8. The number of aryl methyl sites for hydroxylation is 2. The second kappa shape index (κ2) is 15.9. The maximum Gasteiger partial charge on any atom is 0.255 e. The molecule has 6 aliphatic heterocycles. The average Bonchev–Trinajstić information content (AvgIpc) is 3.97. The highest BCUT2D eigenvalue weighted by molar-refractivity contribution is 6.06. The van der Waals surface area contributed by atoms with Crippen molar-refractivity contribution in [3.8, 4) is 17.2 Å². The molecular formula is C52H57FN4O7. The Labute approximate surface area is 373 Å². The Kier molecular flexibility index (Phi) is 10.3. The highest BCUT2D eigenvalue weighted by Gasteiger charge is 2.50. The lowest BCUT2D eigenvalue weighted by Crippen LogP contribution is -2.52. The van der Waals surface area contributed by atoms with Crippen LogP contribution in [0.25, 0.3) is 0 Å². The van der Waals surface area contributed by atoms with Gasteiger partial charge in [0.2, 0.25) is 11.8 Å². The number of rotatable bonds is 7. The van der Waals surface area contributed by atoms with E-state index >= 15 is 4.39 Å². The van der Waals surface area contributed by atoms with Crippen molar-refractivity contribution < 1.29 is 38.1 Å². The topological polar surface area (TPSA) is 121 Å². The number of nitrogens with zero attached hydrogens (tertiary/aromatic N) is 3. The first-order valence-electron chi connectivity index (χ1n) is 23.3. The zero-order valence-corrected chi connectivity index (χ0v) is 36.8. The van der Waals surface area contributed by atoms with Crippen molar-refractivity contribution in [2.24, 2.45) is 5.92 Å². The minimum atomic E-state index is -0.652. The van der Waals surface area contributed by atoms with E-state index in [0.717, 1.165) is 105 Å². The van der Waals surface area contributed by atoms with Crippen molar-refractivity contribution in [1.29, 1.82) is 0 Å². The number of piperidine rings is 3. The maximum absolute atomic E-state index is 16.5. The number of phenols is 1. The molecule has 0 aromatic heterocycles. The van der Waals surface area contributed by atoms with Gasteiger partial charge in [0.25, 0.3) is 5.91 Å². The normalized spacial score (nSPS) is 25.9. The monoisotopic (exact) mass is 868 g/mol. The molecule has 2 spiro atoms. The molecule has 2 N–H and O–H groups in total. The van der Waals surface area contributed by atoms with Crippen molar-refractivity contribution in [2.45, 2.75) is 100 Å². The van der Waals surface area contributed by atoms with Crippen LogP contribution >= 0.6 is 0 Å². The fourth-order valence-corrected chi connectivity index (χ4v) is 12.8. The number of benzene rings is 4. The number of fused-ring (bicyclic) bond motifs is 5. The van der Waals surface area contributed by atoms with Crippen LogP contribution in [0.4, 0.5) is 10.1 Å². The van der Waals surface area contributed by atoms with E-state index < -0.39 is 11.9 Å². The third-order valence-electron chi connectivity index (χ3n) is 16.1. The van der Waals surface area contributed by atoms with Gasteiger partial charge in [0, 0.05) is 60.1 Å². The molecule has 0 bridgehead atoms. The van der Waals surface area contributed by atoms with Gasteiger partial charge in [-0.3, -0.25) is 19.7 Å². The Bertz CT molecular complexity index is 2530. The van der Waals surface area contributed by atoms with Gasteiger partial charge < -0.3 is 34.0 Å². The van der Waals surface area contributed by atoms with Crippen molar-refractivity contribution in [1.82, 2.24) is 15.1 Å². The summed E-state index contributed by atoms with van der Waals surface area (Å²) in [4.78, 5) is 44.6. The van der Waals surface area contributed by atoms with Crippen LogP contribution in [-0.2, 0) is 32.7 Å². The molecule has 11 rings (SSSR count). The predicted molar refractivity (Wildman–Crippen MR) is 239 cm³/mol. The van der Waals surface area contributed by atoms with Gasteiger partial charge in [0.15, 0.2) is 0 Å². The maximum atomic E-state index is 16.5. The van der Waals surface area contributed by atoms with Crippen LogP contribution in [0.5, 0.6) is 17.2 Å². The fourth-order valence-electron chi connectivity index (χ4n) is 12.8. The van der Waals surface area contributed by atoms with Crippen LogP contribution in [-0.4, -0.2) is 97.3 Å². The molecule has 12 heteroatoms. The molecule has 4 aromatic carbocycles. The van der Waals surface area contributed by atoms with Gasteiger partial charge in [-0.25, -0.2) is 4.39 Å². The number of carbonyl (C=O) groups excluding carboxylic acids is 3. The zero-order chi connectivity index (χ0) is 43.9. The summed E-state index contributed by atoms with van der Waals surface area (Å²) in [6.45, 7) is 7.93. The number of phenolic OH excluding ortho intramolecular Hbond substituents is 1. The number of likely N-dealkylation sites (tertiary alicyclic amines) is 1. The molecule has 0 saturated carbocycles. The third kappa shape index (κ3) is 6.94. The van der Waals surface area contributed by atoms with Gasteiger partial charge >= 0.3 is 0 Å². The number of amides is 3. The SMILES string of the molecule is COc1cc(N2CCC3(CC2)C[C@H](CN2CCC4(CC2)COc2c4cc(C)c4c2CN([C@H]2CCC(=O)NC2=O)C4=O)CO3)c(F)cc1[C@@H]1c2ccc(O)cc2CC[C@@H]1c1ccccc1. The highest BCUT2D eigenvalue weighted by atomic mass is 19.1. The molecule has 4 fully saturated rings. The first-order valence-corrected chi connectivity index (χ1v) is 23.3. The van der Waals surface area contributed by atoms with E-state index in [4.69, 9.17) is 14.2 Å². The summed E-state index contributed by atoms with van der Waals surface area (Å²) in [6.07, 6.45) is 6.90. The number of methoxy groups -OCH3 is 1. The minimum absolute atomic E-state index is 0.110. The molecule has 6 heterocycles. The lowest BCUT2D eigenvalue weighted by molar-refractivity contribution is -0.136. The number of aromatic hydroxyl groups is 1. The molecule has 4 aromatic rings. The summed E-state index contributed by atoms with van der Waals surface area (Å²) in [6, 6.07) is 21.2. The minimum Gasteiger partial charge on any atom is -0.508 e. The van der Waals surface area contributed by atoms with E-state index in [2.05, 4.69) is 45.4 Å². The van der Waals surface area contributed by atoms with Crippen LogP contribution in [0.2, 0.25) is 0 Å². The van der Waals surface area contributed by atoms with Gasteiger partial charge in [-0.1, -0.05) is 42.5 Å². The second-order valence-corrected chi connectivity index (χ2v) is 19.7. The highest BCUT2D eigenvalue weighted by Crippen LogP contribution is 2.53. The van der Waals surface area contributed by atoms with Crippen molar-refractivity contribution >= 4 is 23.4 Å². The van der Waals surface area contributed by atoms with E-state index in [1.165, 1.54) is 11.1 Å². The summed E-state index contributed by atoms with van der Waals surface area (Å²) in [5.41, 5.74) is 8.15. The Morgan fingerprint density at radius 2 is 1.72 bits per heavy atom. The van der Waals surface area contributed by atoms with Crippen molar-refractivity contribution in [3.63, 3.8) is 0 Å². The van der Waals surface area contributed by atoms with E-state index in [1.54, 1.807) is 24.1 Å². The summed E-state index contributed by atoms with van der Waals surface area (Å²) in [7, 11) is 1.68. The van der Waals surface area contributed by atoms with Crippen molar-refractivity contribution in [3.05, 3.63) is 117 Å². The number of halogens is 1. The Morgan fingerprint density at radius 1 is 0.922 bits per heavy atom. The largest absolute Gasteiger partial charge is 0.508 e. The van der Waals surface area contributed by atoms with Crippen molar-refractivity contribution in [2.75, 3.05) is 57.9 Å². The summed E-state index contributed by atoms with van der Waals surface area (Å²) in [5.74, 6) is 1.10. The summed E-state index contributed by atoms with van der Waals surface area (Å²) in [5, 5.41) is 12.7. The standard InChI is InChI=1S/C52H57FN4O7/c1-31-22-40-48(39-28-57(50(61)46(31)39)42-12-13-45(59)54-49(42)60)63-30-51(40)14-18-55(19-15-51)27-32-26-52(64-29-32)16-20-56(21-17-52)43-25-44(62-2)38(24-41(43)53)47-36(33-6-4-3-5-7-33)10-8-34-23-35(58)9-11-37(34)47/h3-7,9,11,22-25,32,36,42,47,58H,8,10,12-21,26-30H2,1-2H3,(H,54,59,60)/t32-,36-,42+,47+/m1/s1. The van der Waals surface area contributed by atoms with Crippen LogP contribution in [0.3, 0.4) is 0 Å². The van der Waals surface area contributed by atoms with Crippen LogP contribution in [0.15, 0.2) is 66.7 Å². The van der Waals surface area contributed by atoms with Crippen LogP contribution in [0.1, 0.15) is 113 Å². The van der Waals surface area contributed by atoms with Gasteiger partial charge in [-0.15, -0.1) is 0 Å². The molecular weight excluding hydrogens is 812 g/mol. The number of imide groups is 1. The van der Waals surface area contributed by atoms with Crippen LogP contribution in [0, 0.1) is 18.7 Å². The molecule has 334 valence electrons. The third-order valence-corrected chi connectivity index (χ3v) is 16.1. The number of hydrogen-bond donors (Lipinski definition) is 2. The molecule has 64 heavy (non-hydrogen) atoms. The second-order valence-electron chi connectivity index (χ2n) is 19.7. The predicted octanol–water partition coefficient (Wildman–Crippen LogP) is 7.27. The molecule has 0 radical (unpaired) electrons. The summed E-state index contributed by atoms with van der Waals surface area (Å²) < 4.78 is 35.8. The molecule has 0 unspecified atom stereocenters. The first-order chi connectivity index (χ1) is 31.0. The molecule has 11 nitrogen and oxygen atoms in total. The quantitative estimate of drug-likeness (QED) is 0.185.